The second-order valence-electron chi connectivity index (χ2n) is 4.33. The molecule has 5 heteroatoms. The number of hydrogen-bond donors (Lipinski definition) is 1. The van der Waals surface area contributed by atoms with Gasteiger partial charge in [0.15, 0.2) is 11.4 Å². The van der Waals surface area contributed by atoms with Gasteiger partial charge in [-0.25, -0.2) is 9.48 Å². The van der Waals surface area contributed by atoms with Gasteiger partial charge in [0, 0.05) is 0 Å². The summed E-state index contributed by atoms with van der Waals surface area (Å²) in [5.41, 5.74) is 0.655. The van der Waals surface area contributed by atoms with Crippen LogP contribution in [0.25, 0.3) is 5.69 Å². The van der Waals surface area contributed by atoms with E-state index < -0.39 is 5.97 Å². The second-order valence-corrected chi connectivity index (χ2v) is 4.33. The monoisotopic (exact) mass is 280 g/mol. The number of benzene rings is 2. The third-order valence-electron chi connectivity index (χ3n) is 2.91. The van der Waals surface area contributed by atoms with Crippen LogP contribution >= 0.6 is 0 Å². The first-order chi connectivity index (χ1) is 10.3. The maximum Gasteiger partial charge on any atom is 0.358 e. The van der Waals surface area contributed by atoms with Gasteiger partial charge in [-0.1, -0.05) is 36.4 Å². The molecule has 1 heterocycles. The molecule has 0 unspecified atom stereocenters. The molecule has 2 aromatic carbocycles. The van der Waals surface area contributed by atoms with Crippen molar-refractivity contribution in [3.63, 3.8) is 0 Å². The SMILES string of the molecule is O=C(O)c1c(Oc2ccccc2)cnn1-c1ccccc1. The molecule has 0 saturated heterocycles. The zero-order valence-electron chi connectivity index (χ0n) is 11.0. The van der Waals surface area contributed by atoms with Crippen LogP contribution in [0.15, 0.2) is 66.9 Å². The molecule has 5 nitrogen and oxygen atoms in total. The first-order valence-corrected chi connectivity index (χ1v) is 6.35. The maximum absolute atomic E-state index is 11.5. The molecule has 0 fully saturated rings. The normalized spacial score (nSPS) is 10.3. The zero-order valence-corrected chi connectivity index (χ0v) is 11.0. The van der Waals surface area contributed by atoms with Gasteiger partial charge < -0.3 is 9.84 Å². The summed E-state index contributed by atoms with van der Waals surface area (Å²) in [6.07, 6.45) is 1.41. The number of carboxylic acids is 1. The Hall–Kier alpha value is -3.08. The van der Waals surface area contributed by atoms with Crippen molar-refractivity contribution >= 4 is 5.97 Å². The van der Waals surface area contributed by atoms with Crippen LogP contribution in [-0.2, 0) is 0 Å². The third-order valence-corrected chi connectivity index (χ3v) is 2.91. The van der Waals surface area contributed by atoms with Crippen molar-refractivity contribution in [1.29, 1.82) is 0 Å². The van der Waals surface area contributed by atoms with Crippen LogP contribution in [-0.4, -0.2) is 20.9 Å². The number of para-hydroxylation sites is 2. The number of hydrogen-bond acceptors (Lipinski definition) is 3. The van der Waals surface area contributed by atoms with Crippen LogP contribution in [0, 0.1) is 0 Å². The lowest BCUT2D eigenvalue weighted by molar-refractivity contribution is 0.0684. The number of aromatic carboxylic acids is 1. The fourth-order valence-corrected chi connectivity index (χ4v) is 1.98. The highest BCUT2D eigenvalue weighted by Crippen LogP contribution is 2.26. The van der Waals surface area contributed by atoms with Crippen molar-refractivity contribution in [2.24, 2.45) is 0 Å². The van der Waals surface area contributed by atoms with Gasteiger partial charge in [-0.15, -0.1) is 0 Å². The van der Waals surface area contributed by atoms with Gasteiger partial charge in [0.2, 0.25) is 0 Å². The summed E-state index contributed by atoms with van der Waals surface area (Å²) < 4.78 is 6.96. The molecule has 0 aliphatic carbocycles. The van der Waals surface area contributed by atoms with E-state index in [4.69, 9.17) is 4.74 Å². The van der Waals surface area contributed by atoms with Crippen molar-refractivity contribution in [3.8, 4) is 17.2 Å². The number of rotatable bonds is 4. The minimum absolute atomic E-state index is 0.00921. The van der Waals surface area contributed by atoms with Crippen molar-refractivity contribution in [1.82, 2.24) is 9.78 Å². The van der Waals surface area contributed by atoms with Gasteiger partial charge in [0.1, 0.15) is 5.75 Å². The quantitative estimate of drug-likeness (QED) is 0.795. The summed E-state index contributed by atoms with van der Waals surface area (Å²) in [5.74, 6) is -0.326. The Morgan fingerprint density at radius 3 is 2.24 bits per heavy atom. The van der Waals surface area contributed by atoms with E-state index >= 15 is 0 Å². The second kappa shape index (κ2) is 5.50. The van der Waals surface area contributed by atoms with Crippen LogP contribution in [0.2, 0.25) is 0 Å². The summed E-state index contributed by atoms with van der Waals surface area (Å²) in [6.45, 7) is 0. The van der Waals surface area contributed by atoms with Crippen molar-refractivity contribution in [3.05, 3.63) is 72.6 Å². The smallest absolute Gasteiger partial charge is 0.358 e. The maximum atomic E-state index is 11.5. The van der Waals surface area contributed by atoms with Gasteiger partial charge >= 0.3 is 5.97 Å². The molecule has 0 bridgehead atoms. The Morgan fingerprint density at radius 1 is 1.00 bits per heavy atom. The topological polar surface area (TPSA) is 64.3 Å². The van der Waals surface area contributed by atoms with Gasteiger partial charge in [0.05, 0.1) is 11.9 Å². The molecular weight excluding hydrogens is 268 g/mol. The molecule has 0 aliphatic heterocycles. The molecule has 0 radical (unpaired) electrons. The number of carbonyl (C=O) groups is 1. The first kappa shape index (κ1) is 12.9. The number of carboxylic acid groups (broad SMARTS) is 1. The molecule has 21 heavy (non-hydrogen) atoms. The lowest BCUT2D eigenvalue weighted by Crippen LogP contribution is -2.08. The molecule has 0 amide bonds. The number of ether oxygens (including phenoxy) is 1. The summed E-state index contributed by atoms with van der Waals surface area (Å²) in [5, 5.41) is 13.5. The molecule has 0 atom stereocenters. The molecule has 104 valence electrons. The Bertz CT molecular complexity index is 752. The van der Waals surface area contributed by atoms with Crippen molar-refractivity contribution < 1.29 is 14.6 Å². The predicted molar refractivity (Wildman–Crippen MR) is 77.0 cm³/mol. The van der Waals surface area contributed by atoms with E-state index in [0.717, 1.165) is 0 Å². The van der Waals surface area contributed by atoms with Gasteiger partial charge in [-0.05, 0) is 24.3 Å². The van der Waals surface area contributed by atoms with E-state index in [2.05, 4.69) is 5.10 Å². The molecular formula is C16H12N2O3. The Labute approximate surface area is 121 Å². The highest BCUT2D eigenvalue weighted by atomic mass is 16.5. The Balaban J connectivity index is 2.03. The summed E-state index contributed by atoms with van der Waals surface area (Å²) >= 11 is 0. The van der Waals surface area contributed by atoms with E-state index in [1.165, 1.54) is 10.9 Å². The largest absolute Gasteiger partial charge is 0.476 e. The molecule has 1 aromatic heterocycles. The van der Waals surface area contributed by atoms with Crippen LogP contribution in [0.3, 0.4) is 0 Å². The first-order valence-electron chi connectivity index (χ1n) is 6.35. The Morgan fingerprint density at radius 2 is 1.62 bits per heavy atom. The standard InChI is InChI=1S/C16H12N2O3/c19-16(20)15-14(21-13-9-5-2-6-10-13)11-17-18(15)12-7-3-1-4-8-12/h1-11H,(H,19,20). The van der Waals surface area contributed by atoms with E-state index in [-0.39, 0.29) is 11.4 Å². The summed E-state index contributed by atoms with van der Waals surface area (Å²) in [4.78, 5) is 11.5. The average Bonchev–Trinajstić information content (AvgIpc) is 2.93. The molecule has 3 aromatic rings. The van der Waals surface area contributed by atoms with E-state index in [9.17, 15) is 9.90 Å². The van der Waals surface area contributed by atoms with E-state index in [1.54, 1.807) is 24.3 Å². The van der Waals surface area contributed by atoms with E-state index in [0.29, 0.717) is 11.4 Å². The van der Waals surface area contributed by atoms with Crippen molar-refractivity contribution in [2.45, 2.75) is 0 Å². The lowest BCUT2D eigenvalue weighted by atomic mass is 10.3. The van der Waals surface area contributed by atoms with Crippen molar-refractivity contribution in [2.75, 3.05) is 0 Å². The fraction of sp³-hybridized carbons (Fsp3) is 0. The molecule has 0 saturated carbocycles. The minimum atomic E-state index is -1.10. The minimum Gasteiger partial charge on any atom is -0.476 e. The van der Waals surface area contributed by atoms with Crippen LogP contribution < -0.4 is 4.74 Å². The zero-order chi connectivity index (χ0) is 14.7. The summed E-state index contributed by atoms with van der Waals surface area (Å²) in [6, 6.07) is 18.1. The van der Waals surface area contributed by atoms with E-state index in [1.807, 2.05) is 36.4 Å². The molecule has 0 aliphatic rings. The highest BCUT2D eigenvalue weighted by Gasteiger charge is 2.20. The Kier molecular flexibility index (Phi) is 3.39. The van der Waals surface area contributed by atoms with Crippen LogP contribution in [0.5, 0.6) is 11.5 Å². The summed E-state index contributed by atoms with van der Waals surface area (Å²) in [7, 11) is 0. The highest BCUT2D eigenvalue weighted by molar-refractivity contribution is 5.89. The van der Waals surface area contributed by atoms with Crippen LogP contribution in [0.4, 0.5) is 0 Å². The van der Waals surface area contributed by atoms with Gasteiger partial charge in [0.25, 0.3) is 0 Å². The average molecular weight is 280 g/mol. The third kappa shape index (κ3) is 2.62. The van der Waals surface area contributed by atoms with Crippen LogP contribution in [0.1, 0.15) is 10.5 Å². The number of aromatic nitrogens is 2. The fourth-order valence-electron chi connectivity index (χ4n) is 1.98. The molecule has 1 N–H and O–H groups in total. The van der Waals surface area contributed by atoms with Gasteiger partial charge in [-0.2, -0.15) is 5.10 Å². The molecule has 3 rings (SSSR count). The molecule has 0 spiro atoms. The lowest BCUT2D eigenvalue weighted by Gasteiger charge is -2.07. The predicted octanol–water partition coefficient (Wildman–Crippen LogP) is 3.36. The number of nitrogens with zero attached hydrogens (tertiary/aromatic N) is 2. The van der Waals surface area contributed by atoms with Gasteiger partial charge in [-0.3, -0.25) is 0 Å².